The first-order chi connectivity index (χ1) is 13.0. The van der Waals surface area contributed by atoms with E-state index < -0.39 is 0 Å². The summed E-state index contributed by atoms with van der Waals surface area (Å²) >= 11 is 0. The van der Waals surface area contributed by atoms with Crippen LogP contribution in [0.5, 0.6) is 0 Å². The van der Waals surface area contributed by atoms with Gasteiger partial charge in [0.05, 0.1) is 7.05 Å². The zero-order valence-electron chi connectivity index (χ0n) is 16.3. The second kappa shape index (κ2) is 7.30. The molecule has 1 aliphatic carbocycles. The van der Waals surface area contributed by atoms with Gasteiger partial charge in [-0.3, -0.25) is 0 Å². The molecule has 2 heteroatoms. The molecule has 0 aliphatic heterocycles. The minimum atomic E-state index is 0.148. The molecule has 3 atom stereocenters. The number of hydrogen-bond acceptors (Lipinski definition) is 1. The largest absolute Gasteiger partial charge is 0.629 e. The highest BCUT2D eigenvalue weighted by atomic mass is 16.5. The minimum absolute atomic E-state index is 0.148. The zero-order chi connectivity index (χ0) is 19.0. The fraction of sp³-hybridized carbons (Fsp3) is 0.280. The van der Waals surface area contributed by atoms with Crippen LogP contribution in [0.25, 0.3) is 0 Å². The van der Waals surface area contributed by atoms with Crippen molar-refractivity contribution in [1.29, 1.82) is 0 Å². The molecular weight excluding hydrogens is 330 g/mol. The first-order valence-electron chi connectivity index (χ1n) is 9.81. The Kier molecular flexibility index (Phi) is 4.86. The first-order valence-corrected chi connectivity index (χ1v) is 9.81. The van der Waals surface area contributed by atoms with Gasteiger partial charge < -0.3 is 10.3 Å². The van der Waals surface area contributed by atoms with Crippen molar-refractivity contribution in [3.05, 3.63) is 105 Å². The summed E-state index contributed by atoms with van der Waals surface area (Å²) in [5, 5.41) is 11.9. The van der Waals surface area contributed by atoms with Gasteiger partial charge in [0.2, 0.25) is 0 Å². The van der Waals surface area contributed by atoms with Crippen molar-refractivity contribution >= 4 is 5.69 Å². The van der Waals surface area contributed by atoms with Gasteiger partial charge in [-0.15, -0.1) is 0 Å². The van der Waals surface area contributed by atoms with Crippen LogP contribution in [0.3, 0.4) is 0 Å². The molecule has 138 valence electrons. The van der Waals surface area contributed by atoms with Crippen molar-refractivity contribution in [1.82, 2.24) is 0 Å². The van der Waals surface area contributed by atoms with E-state index in [0.717, 1.165) is 18.5 Å². The van der Waals surface area contributed by atoms with E-state index in [9.17, 15) is 5.21 Å². The standard InChI is InChI=1S/C25H27NO/c1-17-8-10-19(11-9-17)18(2)24-6-4-5-7-25(24)22-14-20-12-13-23(26(3)27)16-21(20)15-22/h4-13,16,18,22,26H,14-15H2,1-3H3. The smallest absolute Gasteiger partial charge is 0.131 e. The Morgan fingerprint density at radius 2 is 1.63 bits per heavy atom. The zero-order valence-corrected chi connectivity index (χ0v) is 16.3. The van der Waals surface area contributed by atoms with Crippen LogP contribution in [0, 0.1) is 12.1 Å². The van der Waals surface area contributed by atoms with E-state index in [1.165, 1.54) is 33.4 Å². The highest BCUT2D eigenvalue weighted by Gasteiger charge is 2.26. The highest BCUT2D eigenvalue weighted by Crippen LogP contribution is 2.39. The van der Waals surface area contributed by atoms with E-state index in [2.05, 4.69) is 74.5 Å². The molecule has 0 radical (unpaired) electrons. The van der Waals surface area contributed by atoms with Crippen molar-refractivity contribution in [2.45, 2.75) is 38.5 Å². The van der Waals surface area contributed by atoms with E-state index in [4.69, 9.17) is 0 Å². The molecule has 3 unspecified atom stereocenters. The number of aryl methyl sites for hydroxylation is 1. The summed E-state index contributed by atoms with van der Waals surface area (Å²) in [6, 6.07) is 24.0. The minimum Gasteiger partial charge on any atom is -0.629 e. The van der Waals surface area contributed by atoms with Crippen molar-refractivity contribution < 1.29 is 5.06 Å². The predicted octanol–water partition coefficient (Wildman–Crippen LogP) is 4.67. The van der Waals surface area contributed by atoms with E-state index in [1.54, 1.807) is 7.05 Å². The Morgan fingerprint density at radius 3 is 2.37 bits per heavy atom. The molecule has 0 spiro atoms. The molecule has 3 aromatic carbocycles. The van der Waals surface area contributed by atoms with Crippen molar-refractivity contribution in [2.24, 2.45) is 0 Å². The Morgan fingerprint density at radius 1 is 0.926 bits per heavy atom. The number of fused-ring (bicyclic) bond motifs is 1. The lowest BCUT2D eigenvalue weighted by Crippen LogP contribution is -2.98. The monoisotopic (exact) mass is 357 g/mol. The second-order valence-corrected chi connectivity index (χ2v) is 7.91. The third-order valence-electron chi connectivity index (χ3n) is 6.03. The molecule has 0 amide bonds. The molecule has 3 aromatic rings. The van der Waals surface area contributed by atoms with Crippen LogP contribution >= 0.6 is 0 Å². The van der Waals surface area contributed by atoms with Gasteiger partial charge in [-0.2, -0.15) is 0 Å². The molecule has 27 heavy (non-hydrogen) atoms. The number of hydroxylamine groups is 1. The van der Waals surface area contributed by atoms with Crippen LogP contribution in [0.1, 0.15) is 52.1 Å². The molecule has 0 aromatic heterocycles. The lowest BCUT2D eigenvalue weighted by molar-refractivity contribution is -0.751. The average molecular weight is 357 g/mol. The molecule has 2 nitrogen and oxygen atoms in total. The van der Waals surface area contributed by atoms with Crippen molar-refractivity contribution in [3.63, 3.8) is 0 Å². The van der Waals surface area contributed by atoms with E-state index in [-0.39, 0.29) is 5.06 Å². The summed E-state index contributed by atoms with van der Waals surface area (Å²) in [6.45, 7) is 4.44. The molecule has 0 saturated heterocycles. The van der Waals surface area contributed by atoms with Gasteiger partial charge in [0.1, 0.15) is 5.69 Å². The van der Waals surface area contributed by atoms with Crippen molar-refractivity contribution in [2.75, 3.05) is 7.05 Å². The Bertz CT molecular complexity index is 943. The molecule has 1 aliphatic rings. The summed E-state index contributed by atoms with van der Waals surface area (Å²) < 4.78 is 0. The van der Waals surface area contributed by atoms with Crippen LogP contribution in [-0.4, -0.2) is 7.05 Å². The summed E-state index contributed by atoms with van der Waals surface area (Å²) in [6.07, 6.45) is 2.08. The predicted molar refractivity (Wildman–Crippen MR) is 112 cm³/mol. The van der Waals surface area contributed by atoms with Gasteiger partial charge in [0.15, 0.2) is 0 Å². The topological polar surface area (TPSA) is 27.5 Å². The normalized spacial score (nSPS) is 18.1. The first kappa shape index (κ1) is 18.0. The summed E-state index contributed by atoms with van der Waals surface area (Å²) in [5.41, 5.74) is 9.09. The maximum Gasteiger partial charge on any atom is 0.131 e. The van der Waals surface area contributed by atoms with Gasteiger partial charge in [-0.25, -0.2) is 0 Å². The quantitative estimate of drug-likeness (QED) is 0.675. The van der Waals surface area contributed by atoms with E-state index in [1.807, 2.05) is 6.07 Å². The molecular formula is C25H27NO. The van der Waals surface area contributed by atoms with Crippen LogP contribution in [0.2, 0.25) is 0 Å². The SMILES string of the molecule is Cc1ccc(C(C)c2ccccc2C2Cc3ccc([NH+](C)[O-])cc3C2)cc1. The van der Waals surface area contributed by atoms with Gasteiger partial charge in [0.25, 0.3) is 0 Å². The lowest BCUT2D eigenvalue weighted by atomic mass is 9.83. The molecule has 0 saturated carbocycles. The number of quaternary nitrogens is 1. The van der Waals surface area contributed by atoms with E-state index >= 15 is 0 Å². The van der Waals surface area contributed by atoms with Crippen LogP contribution in [0.4, 0.5) is 5.69 Å². The molecule has 0 bridgehead atoms. The summed E-state index contributed by atoms with van der Waals surface area (Å²) in [4.78, 5) is 0. The summed E-state index contributed by atoms with van der Waals surface area (Å²) in [5.74, 6) is 0.865. The Balaban J connectivity index is 1.65. The van der Waals surface area contributed by atoms with Gasteiger partial charge in [0, 0.05) is 12.0 Å². The number of hydrogen-bond donors (Lipinski definition) is 1. The Hall–Kier alpha value is -2.42. The van der Waals surface area contributed by atoms with Crippen LogP contribution in [-0.2, 0) is 12.8 Å². The summed E-state index contributed by atoms with van der Waals surface area (Å²) in [7, 11) is 1.65. The third kappa shape index (κ3) is 3.55. The fourth-order valence-electron chi connectivity index (χ4n) is 4.37. The number of nitrogens with one attached hydrogen (secondary N) is 1. The third-order valence-corrected chi connectivity index (χ3v) is 6.03. The van der Waals surface area contributed by atoms with Gasteiger partial charge in [-0.05, 0) is 59.6 Å². The van der Waals surface area contributed by atoms with Gasteiger partial charge >= 0.3 is 0 Å². The maximum atomic E-state index is 11.7. The van der Waals surface area contributed by atoms with Crippen molar-refractivity contribution in [3.8, 4) is 0 Å². The average Bonchev–Trinajstić information content (AvgIpc) is 3.11. The number of rotatable bonds is 4. The molecule has 4 rings (SSSR count). The molecule has 0 fully saturated rings. The maximum absolute atomic E-state index is 11.7. The van der Waals surface area contributed by atoms with Crippen LogP contribution in [0.15, 0.2) is 66.7 Å². The van der Waals surface area contributed by atoms with E-state index in [0.29, 0.717) is 11.8 Å². The highest BCUT2D eigenvalue weighted by molar-refractivity contribution is 5.47. The number of benzene rings is 3. The van der Waals surface area contributed by atoms with Gasteiger partial charge in [-0.1, -0.05) is 67.1 Å². The molecule has 0 heterocycles. The Labute approximate surface area is 162 Å². The molecule has 1 N–H and O–H groups in total. The lowest BCUT2D eigenvalue weighted by Gasteiger charge is -2.21. The van der Waals surface area contributed by atoms with Crippen LogP contribution < -0.4 is 5.06 Å². The second-order valence-electron chi connectivity index (χ2n) is 7.91. The fourth-order valence-corrected chi connectivity index (χ4v) is 4.37.